The van der Waals surface area contributed by atoms with Gasteiger partial charge in [-0.1, -0.05) is 0 Å². The van der Waals surface area contributed by atoms with Gasteiger partial charge in [-0.2, -0.15) is 18.2 Å². The van der Waals surface area contributed by atoms with Crippen LogP contribution in [0.25, 0.3) is 0 Å². The van der Waals surface area contributed by atoms with E-state index in [0.29, 0.717) is 44.2 Å². The summed E-state index contributed by atoms with van der Waals surface area (Å²) in [7, 11) is 1.49. The first-order valence-corrected chi connectivity index (χ1v) is 10.8. The summed E-state index contributed by atoms with van der Waals surface area (Å²) in [5, 5.41) is 9.64. The highest BCUT2D eigenvalue weighted by molar-refractivity contribution is 5.83. The predicted molar refractivity (Wildman–Crippen MR) is 114 cm³/mol. The van der Waals surface area contributed by atoms with Gasteiger partial charge in [-0.15, -0.1) is 5.10 Å². The Morgan fingerprint density at radius 3 is 2.58 bits per heavy atom. The zero-order chi connectivity index (χ0) is 24.2. The van der Waals surface area contributed by atoms with Crippen LogP contribution in [0, 0.1) is 11.7 Å². The largest absolute Gasteiger partial charge is 0.478 e. The molecule has 1 amide bonds. The number of ether oxygens (including phenoxy) is 2. The predicted octanol–water partition coefficient (Wildman–Crippen LogP) is 3.85. The number of rotatable bonds is 9. The molecule has 1 fully saturated rings. The van der Waals surface area contributed by atoms with Crippen LogP contribution in [0.3, 0.4) is 0 Å². The molecule has 0 bridgehead atoms. The summed E-state index contributed by atoms with van der Waals surface area (Å²) in [4.78, 5) is 19.5. The zero-order valence-corrected chi connectivity index (χ0v) is 19.1. The van der Waals surface area contributed by atoms with Crippen LogP contribution in [0.15, 0.2) is 12.4 Å². The van der Waals surface area contributed by atoms with Crippen molar-refractivity contribution in [3.05, 3.63) is 18.2 Å². The van der Waals surface area contributed by atoms with E-state index in [1.165, 1.54) is 7.11 Å². The number of hydrogen-bond donors (Lipinski definition) is 2. The summed E-state index contributed by atoms with van der Waals surface area (Å²) in [5.74, 6) is -4.98. The highest BCUT2D eigenvalue weighted by atomic mass is 19.3. The van der Waals surface area contributed by atoms with E-state index in [4.69, 9.17) is 9.47 Å². The second-order valence-corrected chi connectivity index (χ2v) is 8.49. The molecule has 182 valence electrons. The van der Waals surface area contributed by atoms with Crippen LogP contribution in [-0.4, -0.2) is 51.3 Å². The summed E-state index contributed by atoms with van der Waals surface area (Å²) >= 11 is 0. The number of methoxy groups -OCH3 is 1. The number of alkyl halides is 2. The van der Waals surface area contributed by atoms with Gasteiger partial charge >= 0.3 is 5.92 Å². The van der Waals surface area contributed by atoms with Gasteiger partial charge in [-0.05, 0) is 45.4 Å². The van der Waals surface area contributed by atoms with E-state index in [1.54, 1.807) is 10.9 Å². The smallest absolute Gasteiger partial charge is 0.321 e. The van der Waals surface area contributed by atoms with Crippen LogP contribution in [0.1, 0.15) is 52.5 Å². The molecule has 1 aliphatic rings. The van der Waals surface area contributed by atoms with Crippen LogP contribution in [0.5, 0.6) is 11.8 Å². The molecule has 0 radical (unpaired) electrons. The molecule has 12 heteroatoms. The van der Waals surface area contributed by atoms with Crippen molar-refractivity contribution < 1.29 is 27.4 Å². The van der Waals surface area contributed by atoms with Gasteiger partial charge in [0.2, 0.25) is 11.8 Å². The second-order valence-electron chi connectivity index (χ2n) is 8.49. The lowest BCUT2D eigenvalue weighted by molar-refractivity contribution is -0.144. The third-order valence-corrected chi connectivity index (χ3v) is 5.42. The molecule has 2 heterocycles. The summed E-state index contributed by atoms with van der Waals surface area (Å²) in [6.07, 6.45) is 5.17. The molecular weight excluding hydrogens is 441 g/mol. The molecule has 9 nitrogen and oxygen atoms in total. The Labute approximate surface area is 190 Å². The average molecular weight is 470 g/mol. The van der Waals surface area contributed by atoms with E-state index in [-0.39, 0.29) is 36.4 Å². The van der Waals surface area contributed by atoms with E-state index in [0.717, 1.165) is 6.20 Å². The van der Waals surface area contributed by atoms with Gasteiger partial charge in [-0.3, -0.25) is 9.48 Å². The van der Waals surface area contributed by atoms with Crippen molar-refractivity contribution in [1.29, 1.82) is 0 Å². The van der Waals surface area contributed by atoms with E-state index in [2.05, 4.69) is 25.7 Å². The van der Waals surface area contributed by atoms with E-state index < -0.39 is 17.6 Å². The summed E-state index contributed by atoms with van der Waals surface area (Å²) in [5.41, 5.74) is 0.529. The van der Waals surface area contributed by atoms with E-state index in [1.807, 2.05) is 13.8 Å². The van der Waals surface area contributed by atoms with Crippen LogP contribution >= 0.6 is 0 Å². The standard InChI is InChI=1S/C21H29F3N6O3/c1-12(2)30-10-16(18(29-30)32-4)27-20-25-9-15(22)17(28-20)33-11-13-5-7-14(8-6-13)26-19(31)21(3,23)24/h9-10,12-14H,5-8,11H2,1-4H3,(H,26,31)(H,25,27,28)/t13-,14-. The van der Waals surface area contributed by atoms with Gasteiger partial charge in [0.15, 0.2) is 0 Å². The number of anilines is 2. The van der Waals surface area contributed by atoms with Crippen LogP contribution in [0.4, 0.5) is 24.8 Å². The number of carbonyl (C=O) groups excluding carboxylic acids is 1. The van der Waals surface area contributed by atoms with Gasteiger partial charge in [0, 0.05) is 19.0 Å². The lowest BCUT2D eigenvalue weighted by Crippen LogP contribution is -2.45. The molecule has 1 saturated carbocycles. The number of amides is 1. The van der Waals surface area contributed by atoms with Crippen molar-refractivity contribution in [1.82, 2.24) is 25.1 Å². The minimum absolute atomic E-state index is 0.0930. The number of halogens is 3. The van der Waals surface area contributed by atoms with Gasteiger partial charge in [0.25, 0.3) is 17.7 Å². The molecule has 1 aliphatic carbocycles. The van der Waals surface area contributed by atoms with Gasteiger partial charge < -0.3 is 20.1 Å². The fraction of sp³-hybridized carbons (Fsp3) is 0.619. The van der Waals surface area contributed by atoms with Crippen molar-refractivity contribution in [2.75, 3.05) is 19.0 Å². The summed E-state index contributed by atoms with van der Waals surface area (Å²) < 4.78 is 52.9. The van der Waals surface area contributed by atoms with E-state index in [9.17, 15) is 18.0 Å². The Bertz CT molecular complexity index is 955. The highest BCUT2D eigenvalue weighted by Gasteiger charge is 2.34. The molecule has 33 heavy (non-hydrogen) atoms. The lowest BCUT2D eigenvalue weighted by Gasteiger charge is -2.29. The number of nitrogens with zero attached hydrogens (tertiary/aromatic N) is 4. The summed E-state index contributed by atoms with van der Waals surface area (Å²) in [6, 6.07) is -0.183. The maximum atomic E-state index is 14.2. The first-order chi connectivity index (χ1) is 15.6. The molecule has 2 aromatic heterocycles. The van der Waals surface area contributed by atoms with Crippen LogP contribution in [0.2, 0.25) is 0 Å². The number of nitrogens with one attached hydrogen (secondary N) is 2. The molecule has 0 atom stereocenters. The highest BCUT2D eigenvalue weighted by Crippen LogP contribution is 2.29. The summed E-state index contributed by atoms with van der Waals surface area (Å²) in [6.45, 7) is 4.73. The quantitative estimate of drug-likeness (QED) is 0.574. The number of hydrogen-bond acceptors (Lipinski definition) is 7. The fourth-order valence-electron chi connectivity index (χ4n) is 3.49. The van der Waals surface area contributed by atoms with Crippen LogP contribution in [-0.2, 0) is 4.79 Å². The third-order valence-electron chi connectivity index (χ3n) is 5.42. The maximum absolute atomic E-state index is 14.2. The van der Waals surface area contributed by atoms with E-state index >= 15 is 0 Å². The van der Waals surface area contributed by atoms with Crippen molar-refractivity contribution in [3.8, 4) is 11.8 Å². The average Bonchev–Trinajstić information content (AvgIpc) is 3.17. The molecule has 2 N–H and O–H groups in total. The minimum Gasteiger partial charge on any atom is -0.478 e. The lowest BCUT2D eigenvalue weighted by atomic mass is 9.86. The first kappa shape index (κ1) is 24.6. The zero-order valence-electron chi connectivity index (χ0n) is 19.1. The van der Waals surface area contributed by atoms with Crippen molar-refractivity contribution >= 4 is 17.5 Å². The second kappa shape index (κ2) is 10.3. The first-order valence-electron chi connectivity index (χ1n) is 10.8. The SMILES string of the molecule is COc1nn(C(C)C)cc1Nc1ncc(F)c(OC[C@H]2CC[C@H](NC(=O)C(C)(F)F)CC2)n1. The van der Waals surface area contributed by atoms with Gasteiger partial charge in [0.1, 0.15) is 5.69 Å². The fourth-order valence-corrected chi connectivity index (χ4v) is 3.49. The monoisotopic (exact) mass is 470 g/mol. The molecule has 0 aromatic carbocycles. The normalized spacial score (nSPS) is 18.8. The van der Waals surface area contributed by atoms with Gasteiger partial charge in [-0.25, -0.2) is 4.98 Å². The molecule has 0 saturated heterocycles. The van der Waals surface area contributed by atoms with Crippen molar-refractivity contribution in [3.63, 3.8) is 0 Å². The van der Waals surface area contributed by atoms with Crippen molar-refractivity contribution in [2.24, 2.45) is 5.92 Å². The Hall–Kier alpha value is -3.05. The number of aromatic nitrogens is 4. The van der Waals surface area contributed by atoms with Gasteiger partial charge in [0.05, 0.1) is 26.1 Å². The third kappa shape index (κ3) is 6.48. The number of carbonyl (C=O) groups is 1. The Balaban J connectivity index is 1.56. The Morgan fingerprint density at radius 2 is 1.97 bits per heavy atom. The molecule has 0 spiro atoms. The van der Waals surface area contributed by atoms with Crippen molar-refractivity contribution in [2.45, 2.75) is 64.5 Å². The molecule has 3 rings (SSSR count). The molecule has 0 unspecified atom stereocenters. The maximum Gasteiger partial charge on any atom is 0.321 e. The Kier molecular flexibility index (Phi) is 7.65. The minimum atomic E-state index is -3.40. The topological polar surface area (TPSA) is 103 Å². The van der Waals surface area contributed by atoms with Crippen LogP contribution < -0.4 is 20.1 Å². The molecule has 2 aromatic rings. The Morgan fingerprint density at radius 1 is 1.27 bits per heavy atom. The molecule has 0 aliphatic heterocycles. The molecular formula is C21H29F3N6O3.